The molecule has 2 aliphatic heterocycles. The quantitative estimate of drug-likeness (QED) is 0.878. The van der Waals surface area contributed by atoms with Crippen LogP contribution in [-0.4, -0.2) is 59.1 Å². The van der Waals surface area contributed by atoms with Crippen LogP contribution < -0.4 is 5.32 Å². The number of aromatic carboxylic acids is 1. The van der Waals surface area contributed by atoms with Crippen molar-refractivity contribution in [3.8, 4) is 0 Å². The fraction of sp³-hybridized carbons (Fsp3) is 0.571. The summed E-state index contributed by atoms with van der Waals surface area (Å²) in [6.45, 7) is 1.44. The Labute approximate surface area is 127 Å². The lowest BCUT2D eigenvalue weighted by Gasteiger charge is -2.25. The van der Waals surface area contributed by atoms with Crippen LogP contribution in [0.3, 0.4) is 0 Å². The van der Waals surface area contributed by atoms with Gasteiger partial charge in [0.15, 0.2) is 0 Å². The molecular weight excluding hydrogens is 290 g/mol. The predicted molar refractivity (Wildman–Crippen MR) is 81.1 cm³/mol. The molecule has 0 saturated carbocycles. The Hall–Kier alpha value is -1.60. The van der Waals surface area contributed by atoms with Crippen LogP contribution in [0.2, 0.25) is 0 Å². The molecule has 1 aromatic rings. The first-order valence-electron chi connectivity index (χ1n) is 7.15. The maximum Gasteiger partial charge on any atom is 0.338 e. The van der Waals surface area contributed by atoms with Gasteiger partial charge < -0.3 is 10.0 Å². The van der Waals surface area contributed by atoms with Crippen molar-refractivity contribution in [1.82, 2.24) is 9.80 Å². The smallest absolute Gasteiger partial charge is 0.338 e. The van der Waals surface area contributed by atoms with Gasteiger partial charge in [-0.15, -0.1) is 11.3 Å². The standard InChI is InChI=1S/C14H19N3O3S/c1-16-9-2-3-10(16)8-17(6-4-9)14(20)15-12-11(13(18)19)5-7-21-12/h5,7,9-10H,2-4,6,8H2,1H3,(H,15,20)(H,18,19). The number of thiophene rings is 1. The summed E-state index contributed by atoms with van der Waals surface area (Å²) >= 11 is 1.24. The van der Waals surface area contributed by atoms with Gasteiger partial charge in [-0.2, -0.15) is 0 Å². The van der Waals surface area contributed by atoms with Crippen molar-refractivity contribution in [2.24, 2.45) is 0 Å². The highest BCUT2D eigenvalue weighted by atomic mass is 32.1. The van der Waals surface area contributed by atoms with Crippen molar-refractivity contribution >= 4 is 28.3 Å². The monoisotopic (exact) mass is 309 g/mol. The molecule has 7 heteroatoms. The first-order chi connectivity index (χ1) is 10.1. The molecule has 21 heavy (non-hydrogen) atoms. The van der Waals surface area contributed by atoms with Crippen LogP contribution in [0, 0.1) is 0 Å². The minimum absolute atomic E-state index is 0.154. The summed E-state index contributed by atoms with van der Waals surface area (Å²) in [4.78, 5) is 27.7. The van der Waals surface area contributed by atoms with Crippen LogP contribution in [0.25, 0.3) is 0 Å². The van der Waals surface area contributed by atoms with Gasteiger partial charge in [0.2, 0.25) is 0 Å². The predicted octanol–water partition coefficient (Wildman–Crippen LogP) is 2.15. The van der Waals surface area contributed by atoms with Crippen molar-refractivity contribution in [2.45, 2.75) is 31.3 Å². The number of nitrogens with one attached hydrogen (secondary N) is 1. The SMILES string of the molecule is CN1C2CCC1CN(C(=O)Nc1sccc1C(=O)O)CC2. The van der Waals surface area contributed by atoms with Crippen LogP contribution in [0.1, 0.15) is 29.6 Å². The summed E-state index contributed by atoms with van der Waals surface area (Å²) in [7, 11) is 2.13. The largest absolute Gasteiger partial charge is 0.478 e. The number of carbonyl (C=O) groups excluding carboxylic acids is 1. The number of fused-ring (bicyclic) bond motifs is 2. The number of hydrogen-bond acceptors (Lipinski definition) is 4. The van der Waals surface area contributed by atoms with Gasteiger partial charge in [-0.25, -0.2) is 9.59 Å². The van der Waals surface area contributed by atoms with Crippen molar-refractivity contribution in [3.05, 3.63) is 17.0 Å². The zero-order valence-corrected chi connectivity index (χ0v) is 12.7. The zero-order valence-electron chi connectivity index (χ0n) is 11.9. The Bertz CT molecular complexity index is 559. The molecule has 6 nitrogen and oxygen atoms in total. The van der Waals surface area contributed by atoms with Crippen molar-refractivity contribution in [1.29, 1.82) is 0 Å². The second-order valence-electron chi connectivity index (χ2n) is 5.68. The Morgan fingerprint density at radius 3 is 2.86 bits per heavy atom. The molecule has 0 aliphatic carbocycles. The van der Waals surface area contributed by atoms with Gasteiger partial charge >= 0.3 is 12.0 Å². The zero-order chi connectivity index (χ0) is 15.0. The molecule has 0 aromatic carbocycles. The lowest BCUT2D eigenvalue weighted by Crippen LogP contribution is -2.41. The molecule has 1 aromatic heterocycles. The molecule has 114 valence electrons. The Morgan fingerprint density at radius 1 is 1.33 bits per heavy atom. The minimum Gasteiger partial charge on any atom is -0.478 e. The molecule has 2 aliphatic rings. The molecule has 2 unspecified atom stereocenters. The minimum atomic E-state index is -1.01. The van der Waals surface area contributed by atoms with Gasteiger partial charge in [0.1, 0.15) is 5.00 Å². The van der Waals surface area contributed by atoms with Gasteiger partial charge in [-0.3, -0.25) is 10.2 Å². The van der Waals surface area contributed by atoms with Gasteiger partial charge in [-0.1, -0.05) is 0 Å². The number of nitrogens with zero attached hydrogens (tertiary/aromatic N) is 2. The number of likely N-dealkylation sites (N-methyl/N-ethyl adjacent to an activating group) is 1. The van der Waals surface area contributed by atoms with Gasteiger partial charge in [0, 0.05) is 25.2 Å². The molecule has 3 rings (SSSR count). The number of carboxylic acid groups (broad SMARTS) is 1. The first kappa shape index (κ1) is 14.3. The van der Waals surface area contributed by atoms with E-state index in [0.29, 0.717) is 23.6 Å². The molecule has 2 atom stereocenters. The highest BCUT2D eigenvalue weighted by molar-refractivity contribution is 7.14. The Kier molecular flexibility index (Phi) is 3.86. The van der Waals surface area contributed by atoms with Crippen molar-refractivity contribution in [2.75, 3.05) is 25.5 Å². The molecule has 2 amide bonds. The molecule has 2 N–H and O–H groups in total. The van der Waals surface area contributed by atoms with Crippen LogP contribution in [0.4, 0.5) is 9.80 Å². The summed E-state index contributed by atoms with van der Waals surface area (Å²) in [6.07, 6.45) is 3.33. The number of likely N-dealkylation sites (tertiary alicyclic amines) is 1. The number of amides is 2. The third-order valence-electron chi connectivity index (χ3n) is 4.55. The Balaban J connectivity index is 1.68. The van der Waals surface area contributed by atoms with E-state index < -0.39 is 5.97 Å². The van der Waals surface area contributed by atoms with E-state index in [1.165, 1.54) is 23.8 Å². The van der Waals surface area contributed by atoms with Crippen LogP contribution in [0.5, 0.6) is 0 Å². The van der Waals surface area contributed by atoms with E-state index in [2.05, 4.69) is 17.3 Å². The fourth-order valence-electron chi connectivity index (χ4n) is 3.24. The highest BCUT2D eigenvalue weighted by Crippen LogP contribution is 2.29. The average Bonchev–Trinajstić information content (AvgIpc) is 2.95. The topological polar surface area (TPSA) is 72.9 Å². The summed E-state index contributed by atoms with van der Waals surface area (Å²) in [6, 6.07) is 2.32. The maximum atomic E-state index is 12.4. The third kappa shape index (κ3) is 2.75. The van der Waals surface area contributed by atoms with Gasteiger partial charge in [-0.05, 0) is 37.8 Å². The molecule has 0 spiro atoms. The summed E-state index contributed by atoms with van der Waals surface area (Å²) < 4.78 is 0. The third-order valence-corrected chi connectivity index (χ3v) is 5.38. The summed E-state index contributed by atoms with van der Waals surface area (Å²) in [5.74, 6) is -1.01. The van der Waals surface area contributed by atoms with E-state index in [0.717, 1.165) is 19.4 Å². The lowest BCUT2D eigenvalue weighted by molar-refractivity contribution is 0.0698. The summed E-state index contributed by atoms with van der Waals surface area (Å²) in [5.41, 5.74) is 0.154. The van der Waals surface area contributed by atoms with Crippen LogP contribution in [-0.2, 0) is 0 Å². The van der Waals surface area contributed by atoms with Crippen LogP contribution in [0.15, 0.2) is 11.4 Å². The second kappa shape index (κ2) is 5.65. The van der Waals surface area contributed by atoms with Gasteiger partial charge in [0.25, 0.3) is 0 Å². The summed E-state index contributed by atoms with van der Waals surface area (Å²) in [5, 5.41) is 13.9. The second-order valence-corrected chi connectivity index (χ2v) is 6.60. The van der Waals surface area contributed by atoms with E-state index in [-0.39, 0.29) is 11.6 Å². The fourth-order valence-corrected chi connectivity index (χ4v) is 4.01. The molecular formula is C14H19N3O3S. The molecule has 3 heterocycles. The number of anilines is 1. The van der Waals surface area contributed by atoms with E-state index >= 15 is 0 Å². The van der Waals surface area contributed by atoms with E-state index in [1.807, 2.05) is 4.90 Å². The maximum absolute atomic E-state index is 12.4. The highest BCUT2D eigenvalue weighted by Gasteiger charge is 2.36. The normalized spacial score (nSPS) is 25.7. The van der Waals surface area contributed by atoms with E-state index in [1.54, 1.807) is 5.38 Å². The molecule has 2 saturated heterocycles. The molecule has 2 bridgehead atoms. The number of hydrogen-bond donors (Lipinski definition) is 2. The van der Waals surface area contributed by atoms with Crippen LogP contribution >= 0.6 is 11.3 Å². The lowest BCUT2D eigenvalue weighted by atomic mass is 10.1. The Morgan fingerprint density at radius 2 is 2.10 bits per heavy atom. The van der Waals surface area contributed by atoms with Crippen molar-refractivity contribution in [3.63, 3.8) is 0 Å². The number of carbonyl (C=O) groups is 2. The number of carboxylic acids is 1. The average molecular weight is 309 g/mol. The molecule has 0 radical (unpaired) electrons. The van der Waals surface area contributed by atoms with E-state index in [9.17, 15) is 9.59 Å². The first-order valence-corrected chi connectivity index (χ1v) is 8.03. The van der Waals surface area contributed by atoms with Crippen molar-refractivity contribution < 1.29 is 14.7 Å². The van der Waals surface area contributed by atoms with E-state index in [4.69, 9.17) is 5.11 Å². The molecule has 2 fully saturated rings. The number of rotatable bonds is 2. The number of urea groups is 1. The van der Waals surface area contributed by atoms with Gasteiger partial charge in [0.05, 0.1) is 5.56 Å².